The average molecular weight is 549 g/mol. The quantitative estimate of drug-likeness (QED) is 0.404. The molecule has 0 aliphatic carbocycles. The minimum atomic E-state index is -0.810. The second-order valence-electron chi connectivity index (χ2n) is 10.1. The van der Waals surface area contributed by atoms with E-state index in [1.54, 1.807) is 24.0 Å². The fourth-order valence-electron chi connectivity index (χ4n) is 5.19. The van der Waals surface area contributed by atoms with Gasteiger partial charge in [-0.3, -0.25) is 9.59 Å². The molecule has 37 heavy (non-hydrogen) atoms. The fourth-order valence-corrected chi connectivity index (χ4v) is 5.49. The zero-order valence-electron chi connectivity index (χ0n) is 22.1. The Morgan fingerprint density at radius 1 is 1.14 bits per heavy atom. The molecule has 2 N–H and O–H groups in total. The van der Waals surface area contributed by atoms with Crippen molar-refractivity contribution >= 4 is 35.0 Å². The van der Waals surface area contributed by atoms with Gasteiger partial charge in [-0.2, -0.15) is 0 Å². The molecule has 202 valence electrons. The van der Waals surface area contributed by atoms with Gasteiger partial charge in [0.1, 0.15) is 0 Å². The molecular weight excluding hydrogens is 509 g/mol. The van der Waals surface area contributed by atoms with Crippen molar-refractivity contribution in [3.05, 3.63) is 69.7 Å². The number of likely N-dealkylation sites (tertiary alicyclic amines) is 1. The smallest absolute Gasteiger partial charge is 0.230 e. The monoisotopic (exact) mass is 547 g/mol. The van der Waals surface area contributed by atoms with Crippen LogP contribution in [0.25, 0.3) is 0 Å². The molecule has 1 saturated heterocycles. The van der Waals surface area contributed by atoms with Crippen molar-refractivity contribution in [2.24, 2.45) is 0 Å². The topological polar surface area (TPSA) is 72.9 Å². The van der Waals surface area contributed by atoms with Gasteiger partial charge < -0.3 is 20.2 Å². The van der Waals surface area contributed by atoms with Gasteiger partial charge in [0.05, 0.1) is 28.1 Å². The number of amides is 2. The highest BCUT2D eigenvalue weighted by Crippen LogP contribution is 2.34. The number of carbonyl (C=O) groups excluding carboxylic acids is 2. The molecule has 3 rings (SSSR count). The first-order valence-corrected chi connectivity index (χ1v) is 13.9. The molecule has 2 aromatic rings. The molecule has 1 fully saturated rings. The first-order valence-electron chi connectivity index (χ1n) is 13.1. The summed E-state index contributed by atoms with van der Waals surface area (Å²) in [6.45, 7) is 8.35. The standard InChI is InChI=1S/C29H39Cl2N3O3/c1-4-27(22-8-6-5-7-9-22)32-28(37)29(3,23-10-11-25(30)26(31)20-23)14-17-33-15-12-24(13-16-33)34(18-19-35)21(2)36/h5-11,20,24,27,35H,4,12-19H2,1-3H3,(H,32,37). The van der Waals surface area contributed by atoms with Crippen molar-refractivity contribution in [3.63, 3.8) is 0 Å². The second-order valence-corrected chi connectivity index (χ2v) is 10.9. The van der Waals surface area contributed by atoms with Gasteiger partial charge >= 0.3 is 0 Å². The van der Waals surface area contributed by atoms with Gasteiger partial charge in [-0.05, 0) is 62.4 Å². The number of halogens is 2. The number of hydrogen-bond acceptors (Lipinski definition) is 4. The fraction of sp³-hybridized carbons (Fsp3) is 0.517. The van der Waals surface area contributed by atoms with Gasteiger partial charge in [-0.25, -0.2) is 0 Å². The summed E-state index contributed by atoms with van der Waals surface area (Å²) in [7, 11) is 0. The summed E-state index contributed by atoms with van der Waals surface area (Å²) < 4.78 is 0. The average Bonchev–Trinajstić information content (AvgIpc) is 2.91. The molecule has 0 spiro atoms. The van der Waals surface area contributed by atoms with Crippen molar-refractivity contribution in [3.8, 4) is 0 Å². The summed E-state index contributed by atoms with van der Waals surface area (Å²) in [5.74, 6) is -0.0394. The zero-order valence-corrected chi connectivity index (χ0v) is 23.6. The number of rotatable bonds is 11. The zero-order chi connectivity index (χ0) is 27.0. The molecule has 1 heterocycles. The summed E-state index contributed by atoms with van der Waals surface area (Å²) in [4.78, 5) is 30.0. The van der Waals surface area contributed by atoms with E-state index in [9.17, 15) is 14.7 Å². The molecule has 0 bridgehead atoms. The van der Waals surface area contributed by atoms with Crippen molar-refractivity contribution in [1.29, 1.82) is 0 Å². The molecule has 2 amide bonds. The molecule has 2 aromatic carbocycles. The van der Waals surface area contributed by atoms with E-state index in [1.807, 2.05) is 43.3 Å². The highest BCUT2D eigenvalue weighted by atomic mass is 35.5. The molecule has 0 radical (unpaired) electrons. The Balaban J connectivity index is 1.75. The van der Waals surface area contributed by atoms with Crippen molar-refractivity contribution in [1.82, 2.24) is 15.1 Å². The molecule has 6 nitrogen and oxygen atoms in total. The maximum atomic E-state index is 13.9. The minimum absolute atomic E-state index is 0.000239. The van der Waals surface area contributed by atoms with Crippen LogP contribution in [0.5, 0.6) is 0 Å². The van der Waals surface area contributed by atoms with E-state index in [0.717, 1.165) is 50.0 Å². The van der Waals surface area contributed by atoms with Crippen LogP contribution in [-0.4, -0.2) is 65.5 Å². The third-order valence-electron chi connectivity index (χ3n) is 7.64. The first-order chi connectivity index (χ1) is 17.7. The van der Waals surface area contributed by atoms with Crippen LogP contribution in [0.2, 0.25) is 10.0 Å². The first kappa shape index (κ1) is 29.4. The number of aliphatic hydroxyl groups is 1. The Morgan fingerprint density at radius 3 is 2.38 bits per heavy atom. The highest BCUT2D eigenvalue weighted by molar-refractivity contribution is 6.42. The summed E-state index contributed by atoms with van der Waals surface area (Å²) in [6, 6.07) is 15.5. The number of piperidine rings is 1. The Hall–Kier alpha value is -2.12. The minimum Gasteiger partial charge on any atom is -0.395 e. The third-order valence-corrected chi connectivity index (χ3v) is 8.38. The molecule has 2 unspecified atom stereocenters. The highest BCUT2D eigenvalue weighted by Gasteiger charge is 2.37. The van der Waals surface area contributed by atoms with Gasteiger partial charge in [-0.15, -0.1) is 0 Å². The van der Waals surface area contributed by atoms with Crippen molar-refractivity contribution in [2.75, 3.05) is 32.8 Å². The maximum absolute atomic E-state index is 13.9. The van der Waals surface area contributed by atoms with E-state index in [1.165, 1.54) is 0 Å². The summed E-state index contributed by atoms with van der Waals surface area (Å²) in [5, 5.41) is 13.5. The van der Waals surface area contributed by atoms with Gasteiger partial charge in [0.15, 0.2) is 0 Å². The molecular formula is C29H39Cl2N3O3. The van der Waals surface area contributed by atoms with E-state index in [-0.39, 0.29) is 30.5 Å². The molecule has 1 aliphatic heterocycles. The SMILES string of the molecule is CCC(NC(=O)C(C)(CCN1CCC(N(CCO)C(C)=O)CC1)c1ccc(Cl)c(Cl)c1)c1ccccc1. The second kappa shape index (κ2) is 13.6. The molecule has 2 atom stereocenters. The van der Waals surface area contributed by atoms with Crippen LogP contribution in [0, 0.1) is 0 Å². The van der Waals surface area contributed by atoms with Crippen LogP contribution < -0.4 is 5.32 Å². The predicted molar refractivity (Wildman–Crippen MR) is 150 cm³/mol. The lowest BCUT2D eigenvalue weighted by Gasteiger charge is -2.39. The Labute approximate surface area is 230 Å². The lowest BCUT2D eigenvalue weighted by molar-refractivity contribution is -0.133. The summed E-state index contributed by atoms with van der Waals surface area (Å²) >= 11 is 12.6. The van der Waals surface area contributed by atoms with Crippen LogP contribution >= 0.6 is 23.2 Å². The maximum Gasteiger partial charge on any atom is 0.230 e. The number of nitrogens with zero attached hydrogens (tertiary/aromatic N) is 2. The molecule has 0 saturated carbocycles. The van der Waals surface area contributed by atoms with E-state index >= 15 is 0 Å². The lowest BCUT2D eigenvalue weighted by Crippen LogP contribution is -2.49. The van der Waals surface area contributed by atoms with E-state index in [4.69, 9.17) is 23.2 Å². The summed E-state index contributed by atoms with van der Waals surface area (Å²) in [6.07, 6.45) is 3.09. The van der Waals surface area contributed by atoms with E-state index in [2.05, 4.69) is 17.1 Å². The lowest BCUT2D eigenvalue weighted by atomic mass is 9.77. The number of benzene rings is 2. The number of nitrogens with one attached hydrogen (secondary N) is 1. The Kier molecular flexibility index (Phi) is 10.8. The van der Waals surface area contributed by atoms with Crippen LogP contribution in [0.4, 0.5) is 0 Å². The summed E-state index contributed by atoms with van der Waals surface area (Å²) in [5.41, 5.74) is 1.10. The van der Waals surface area contributed by atoms with Gasteiger partial charge in [0.2, 0.25) is 11.8 Å². The van der Waals surface area contributed by atoms with Gasteiger partial charge in [0.25, 0.3) is 0 Å². The van der Waals surface area contributed by atoms with Crippen LogP contribution in [-0.2, 0) is 15.0 Å². The normalized spacial score (nSPS) is 17.1. The number of aliphatic hydroxyl groups excluding tert-OH is 1. The van der Waals surface area contributed by atoms with Gasteiger partial charge in [-0.1, -0.05) is 66.5 Å². The predicted octanol–water partition coefficient (Wildman–Crippen LogP) is 5.21. The van der Waals surface area contributed by atoms with E-state index < -0.39 is 5.41 Å². The van der Waals surface area contributed by atoms with Crippen molar-refractivity contribution < 1.29 is 14.7 Å². The Bertz CT molecular complexity index is 1040. The van der Waals surface area contributed by atoms with Crippen molar-refractivity contribution in [2.45, 2.75) is 64.0 Å². The van der Waals surface area contributed by atoms with Gasteiger partial charge in [0, 0.05) is 32.6 Å². The molecule has 0 aromatic heterocycles. The van der Waals surface area contributed by atoms with Crippen LogP contribution in [0.15, 0.2) is 48.5 Å². The Morgan fingerprint density at radius 2 is 1.81 bits per heavy atom. The number of carbonyl (C=O) groups is 2. The van der Waals surface area contributed by atoms with E-state index in [0.29, 0.717) is 23.0 Å². The number of hydrogen-bond donors (Lipinski definition) is 2. The van der Waals surface area contributed by atoms with Crippen LogP contribution in [0.1, 0.15) is 63.6 Å². The molecule has 8 heteroatoms. The largest absolute Gasteiger partial charge is 0.395 e. The third kappa shape index (κ3) is 7.47. The molecule has 1 aliphatic rings. The van der Waals surface area contributed by atoms with Crippen LogP contribution in [0.3, 0.4) is 0 Å².